The average molecular weight is 247 g/mol. The van der Waals surface area contributed by atoms with Crippen LogP contribution in [0.1, 0.15) is 33.6 Å². The zero-order chi connectivity index (χ0) is 12.6. The molecule has 0 unspecified atom stereocenters. The Balaban J connectivity index is 3.52. The molecule has 0 aromatic carbocycles. The number of nitrogens with one attached hydrogen (secondary N) is 1. The van der Waals surface area contributed by atoms with Crippen LogP contribution in [-0.4, -0.2) is 36.0 Å². The van der Waals surface area contributed by atoms with E-state index in [-0.39, 0.29) is 11.9 Å². The van der Waals surface area contributed by atoms with Gasteiger partial charge in [-0.3, -0.25) is 9.59 Å². The molecule has 0 radical (unpaired) electrons. The summed E-state index contributed by atoms with van der Waals surface area (Å²) in [4.78, 5) is 22.4. The molecular weight excluding hydrogens is 226 g/mol. The molecule has 1 amide bonds. The Kier molecular flexibility index (Phi) is 7.21. The second kappa shape index (κ2) is 7.54. The monoisotopic (exact) mass is 247 g/mol. The molecule has 0 aliphatic rings. The molecule has 0 atom stereocenters. The lowest BCUT2D eigenvalue weighted by molar-refractivity contribution is -0.155. The fourth-order valence-electron chi connectivity index (χ4n) is 1.04. The van der Waals surface area contributed by atoms with Crippen molar-refractivity contribution < 1.29 is 14.3 Å². The molecule has 0 fully saturated rings. The fourth-order valence-corrected chi connectivity index (χ4v) is 1.40. The predicted octanol–water partition coefficient (Wildman–Crippen LogP) is 1.59. The number of hydrogen-bond acceptors (Lipinski definition) is 4. The summed E-state index contributed by atoms with van der Waals surface area (Å²) in [6, 6.07) is 0. The number of hydrogen-bond donors (Lipinski definition) is 1. The van der Waals surface area contributed by atoms with Gasteiger partial charge in [0.2, 0.25) is 5.91 Å². The Morgan fingerprint density at radius 3 is 2.44 bits per heavy atom. The first-order valence-electron chi connectivity index (χ1n) is 5.32. The molecule has 0 rings (SSSR count). The van der Waals surface area contributed by atoms with E-state index in [0.29, 0.717) is 25.1 Å². The van der Waals surface area contributed by atoms with E-state index in [4.69, 9.17) is 4.74 Å². The lowest BCUT2D eigenvalue weighted by Gasteiger charge is -2.19. The highest BCUT2D eigenvalue weighted by Gasteiger charge is 2.15. The number of rotatable bonds is 6. The van der Waals surface area contributed by atoms with Gasteiger partial charge in [-0.25, -0.2) is 0 Å². The molecule has 0 spiro atoms. The van der Waals surface area contributed by atoms with Gasteiger partial charge in [-0.2, -0.15) is 11.8 Å². The standard InChI is InChI=1S/C11H21NO3S/c1-11(2,3)15-10(14)6-5-7-12-9(13)8-16-4/h5-8H2,1-4H3,(H,12,13). The number of esters is 1. The number of carbonyl (C=O) groups excluding carboxylic acids is 2. The quantitative estimate of drug-likeness (QED) is 0.572. The Morgan fingerprint density at radius 2 is 1.94 bits per heavy atom. The molecule has 0 aromatic rings. The molecule has 0 bridgehead atoms. The van der Waals surface area contributed by atoms with Crippen molar-refractivity contribution in [3.63, 3.8) is 0 Å². The first kappa shape index (κ1) is 15.3. The maximum Gasteiger partial charge on any atom is 0.306 e. The highest BCUT2D eigenvalue weighted by atomic mass is 32.2. The average Bonchev–Trinajstić information content (AvgIpc) is 2.10. The van der Waals surface area contributed by atoms with Gasteiger partial charge in [0.05, 0.1) is 5.75 Å². The van der Waals surface area contributed by atoms with Crippen molar-refractivity contribution in [2.45, 2.75) is 39.2 Å². The van der Waals surface area contributed by atoms with Crippen LogP contribution >= 0.6 is 11.8 Å². The molecule has 1 N–H and O–H groups in total. The SMILES string of the molecule is CSCC(=O)NCCCC(=O)OC(C)(C)C. The van der Waals surface area contributed by atoms with E-state index < -0.39 is 5.60 Å². The zero-order valence-electron chi connectivity index (χ0n) is 10.5. The van der Waals surface area contributed by atoms with Crippen LogP contribution in [0.3, 0.4) is 0 Å². The van der Waals surface area contributed by atoms with Gasteiger partial charge in [-0.15, -0.1) is 0 Å². The lowest BCUT2D eigenvalue weighted by Crippen LogP contribution is -2.28. The molecule has 0 heterocycles. The minimum atomic E-state index is -0.431. The summed E-state index contributed by atoms with van der Waals surface area (Å²) in [5, 5.41) is 2.73. The van der Waals surface area contributed by atoms with Crippen molar-refractivity contribution in [2.24, 2.45) is 0 Å². The smallest absolute Gasteiger partial charge is 0.306 e. The summed E-state index contributed by atoms with van der Waals surface area (Å²) in [7, 11) is 0. The third kappa shape index (κ3) is 9.83. The van der Waals surface area contributed by atoms with Gasteiger partial charge in [-0.05, 0) is 33.4 Å². The van der Waals surface area contributed by atoms with Crippen molar-refractivity contribution >= 4 is 23.6 Å². The predicted molar refractivity (Wildman–Crippen MR) is 66.5 cm³/mol. The Bertz CT molecular complexity index is 236. The lowest BCUT2D eigenvalue weighted by atomic mass is 10.2. The maximum absolute atomic E-state index is 11.3. The minimum absolute atomic E-state index is 0.0108. The van der Waals surface area contributed by atoms with E-state index in [1.54, 1.807) is 0 Å². The van der Waals surface area contributed by atoms with E-state index in [0.717, 1.165) is 0 Å². The molecule has 5 heteroatoms. The first-order chi connectivity index (χ1) is 7.35. The molecule has 0 aliphatic heterocycles. The van der Waals surface area contributed by atoms with Crippen LogP contribution in [0.2, 0.25) is 0 Å². The van der Waals surface area contributed by atoms with Gasteiger partial charge in [0.25, 0.3) is 0 Å². The summed E-state index contributed by atoms with van der Waals surface area (Å²) in [6.45, 7) is 6.04. The Labute approximate surface area is 101 Å². The van der Waals surface area contributed by atoms with E-state index in [1.807, 2.05) is 27.0 Å². The molecule has 0 saturated carbocycles. The van der Waals surface area contributed by atoms with Crippen molar-refractivity contribution in [3.05, 3.63) is 0 Å². The van der Waals surface area contributed by atoms with E-state index in [1.165, 1.54) is 11.8 Å². The van der Waals surface area contributed by atoms with Crippen LogP contribution in [0.15, 0.2) is 0 Å². The van der Waals surface area contributed by atoms with E-state index >= 15 is 0 Å². The summed E-state index contributed by atoms with van der Waals surface area (Å²) in [5.74, 6) is 0.259. The highest BCUT2D eigenvalue weighted by molar-refractivity contribution is 7.99. The highest BCUT2D eigenvalue weighted by Crippen LogP contribution is 2.08. The number of amides is 1. The third-order valence-electron chi connectivity index (χ3n) is 1.58. The van der Waals surface area contributed by atoms with E-state index in [2.05, 4.69) is 5.32 Å². The largest absolute Gasteiger partial charge is 0.460 e. The van der Waals surface area contributed by atoms with Gasteiger partial charge >= 0.3 is 5.97 Å². The minimum Gasteiger partial charge on any atom is -0.460 e. The zero-order valence-corrected chi connectivity index (χ0v) is 11.3. The normalized spacial score (nSPS) is 11.0. The number of carbonyl (C=O) groups is 2. The maximum atomic E-state index is 11.3. The molecule has 94 valence electrons. The molecular formula is C11H21NO3S. The van der Waals surface area contributed by atoms with Gasteiger partial charge in [0.15, 0.2) is 0 Å². The molecule has 16 heavy (non-hydrogen) atoms. The van der Waals surface area contributed by atoms with E-state index in [9.17, 15) is 9.59 Å². The molecule has 4 nitrogen and oxygen atoms in total. The third-order valence-corrected chi connectivity index (χ3v) is 2.13. The van der Waals surface area contributed by atoms with Crippen molar-refractivity contribution in [1.29, 1.82) is 0 Å². The summed E-state index contributed by atoms with van der Waals surface area (Å²) in [6.07, 6.45) is 2.84. The number of thioether (sulfide) groups is 1. The van der Waals surface area contributed by atoms with Crippen molar-refractivity contribution in [2.75, 3.05) is 18.6 Å². The topological polar surface area (TPSA) is 55.4 Å². The van der Waals surface area contributed by atoms with Crippen molar-refractivity contribution in [3.8, 4) is 0 Å². The van der Waals surface area contributed by atoms with Gasteiger partial charge in [-0.1, -0.05) is 0 Å². The Morgan fingerprint density at radius 1 is 1.31 bits per heavy atom. The van der Waals surface area contributed by atoms with Gasteiger partial charge < -0.3 is 10.1 Å². The Hall–Kier alpha value is -0.710. The van der Waals surface area contributed by atoms with Gasteiger partial charge in [0.1, 0.15) is 5.60 Å². The van der Waals surface area contributed by atoms with Gasteiger partial charge in [0, 0.05) is 13.0 Å². The molecule has 0 aliphatic carbocycles. The van der Waals surface area contributed by atoms with Crippen LogP contribution in [0.25, 0.3) is 0 Å². The fraction of sp³-hybridized carbons (Fsp3) is 0.818. The summed E-state index contributed by atoms with van der Waals surface area (Å²) < 4.78 is 5.14. The second-order valence-corrected chi connectivity index (χ2v) is 5.34. The second-order valence-electron chi connectivity index (χ2n) is 4.47. The molecule has 0 saturated heterocycles. The summed E-state index contributed by atoms with van der Waals surface area (Å²) in [5.41, 5.74) is -0.431. The van der Waals surface area contributed by atoms with Crippen LogP contribution in [-0.2, 0) is 14.3 Å². The first-order valence-corrected chi connectivity index (χ1v) is 6.72. The summed E-state index contributed by atoms with van der Waals surface area (Å²) >= 11 is 1.48. The van der Waals surface area contributed by atoms with Crippen LogP contribution in [0.4, 0.5) is 0 Å². The van der Waals surface area contributed by atoms with Crippen LogP contribution in [0, 0.1) is 0 Å². The molecule has 0 aromatic heterocycles. The van der Waals surface area contributed by atoms with Crippen LogP contribution in [0.5, 0.6) is 0 Å². The van der Waals surface area contributed by atoms with Crippen LogP contribution < -0.4 is 5.32 Å². The number of ether oxygens (including phenoxy) is 1. The van der Waals surface area contributed by atoms with Crippen molar-refractivity contribution in [1.82, 2.24) is 5.32 Å².